The van der Waals surface area contributed by atoms with Crippen LogP contribution < -0.4 is 38.2 Å². The molecule has 0 aliphatic carbocycles. The van der Waals surface area contributed by atoms with Gasteiger partial charge in [-0.1, -0.05) is 24.3 Å². The maximum Gasteiger partial charge on any atom is 0.123 e. The van der Waals surface area contributed by atoms with E-state index < -0.39 is 0 Å². The number of methoxy groups -OCH3 is 2. The van der Waals surface area contributed by atoms with Crippen molar-refractivity contribution in [3.63, 3.8) is 0 Å². The van der Waals surface area contributed by atoms with Crippen LogP contribution in [0.2, 0.25) is 0 Å². The zero-order chi connectivity index (χ0) is 21.8. The van der Waals surface area contributed by atoms with Gasteiger partial charge in [0.05, 0.1) is 47.0 Å². The number of benzene rings is 2. The SMILES string of the molecule is CC[N+](CC)(CC)CCCCOc1ccc(/C=C/c2cc(OC)cc(OC)c2)cc1.[I-]. The summed E-state index contributed by atoms with van der Waals surface area (Å²) in [6.45, 7) is 12.5. The van der Waals surface area contributed by atoms with Gasteiger partial charge >= 0.3 is 0 Å². The van der Waals surface area contributed by atoms with Crippen molar-refractivity contribution >= 4 is 12.2 Å². The van der Waals surface area contributed by atoms with Crippen molar-refractivity contribution in [1.29, 1.82) is 0 Å². The zero-order valence-electron chi connectivity index (χ0n) is 19.7. The highest BCUT2D eigenvalue weighted by molar-refractivity contribution is 5.71. The summed E-state index contributed by atoms with van der Waals surface area (Å²) >= 11 is 0. The first-order chi connectivity index (χ1) is 14.6. The second-order valence-corrected chi connectivity index (χ2v) is 7.62. The molecule has 4 nitrogen and oxygen atoms in total. The number of rotatable bonds is 13. The predicted octanol–water partition coefficient (Wildman–Crippen LogP) is 2.91. The molecule has 2 rings (SSSR count). The molecular formula is C26H38INO3. The number of hydrogen-bond acceptors (Lipinski definition) is 3. The molecule has 172 valence electrons. The Hall–Kier alpha value is -1.73. The quantitative estimate of drug-likeness (QED) is 0.170. The van der Waals surface area contributed by atoms with Crippen LogP contribution in [-0.2, 0) is 0 Å². The van der Waals surface area contributed by atoms with E-state index in [1.165, 1.54) is 37.1 Å². The van der Waals surface area contributed by atoms with Crippen molar-refractivity contribution in [2.24, 2.45) is 0 Å². The molecule has 0 atom stereocenters. The Bertz CT molecular complexity index is 755. The van der Waals surface area contributed by atoms with E-state index >= 15 is 0 Å². The van der Waals surface area contributed by atoms with Crippen LogP contribution in [0.1, 0.15) is 44.7 Å². The minimum Gasteiger partial charge on any atom is -1.00 e. The summed E-state index contributed by atoms with van der Waals surface area (Å²) < 4.78 is 17.8. The molecule has 31 heavy (non-hydrogen) atoms. The van der Waals surface area contributed by atoms with E-state index in [1.807, 2.05) is 30.3 Å². The molecule has 5 heteroatoms. The molecule has 0 aliphatic rings. The molecular weight excluding hydrogens is 501 g/mol. The highest BCUT2D eigenvalue weighted by atomic mass is 127. The summed E-state index contributed by atoms with van der Waals surface area (Å²) in [5.74, 6) is 2.49. The van der Waals surface area contributed by atoms with Gasteiger partial charge in [0.25, 0.3) is 0 Å². The Morgan fingerprint density at radius 3 is 1.77 bits per heavy atom. The van der Waals surface area contributed by atoms with E-state index in [0.717, 1.165) is 41.4 Å². The topological polar surface area (TPSA) is 27.7 Å². The summed E-state index contributed by atoms with van der Waals surface area (Å²) in [5.41, 5.74) is 2.16. The van der Waals surface area contributed by atoms with Crippen molar-refractivity contribution in [2.45, 2.75) is 33.6 Å². The van der Waals surface area contributed by atoms with Gasteiger partial charge in [-0.25, -0.2) is 0 Å². The number of hydrogen-bond donors (Lipinski definition) is 0. The number of nitrogens with zero attached hydrogens (tertiary/aromatic N) is 1. The third-order valence-electron chi connectivity index (χ3n) is 6.03. The summed E-state index contributed by atoms with van der Waals surface area (Å²) in [4.78, 5) is 0. The highest BCUT2D eigenvalue weighted by Gasteiger charge is 2.19. The average molecular weight is 539 g/mol. The standard InChI is InChI=1S/C26H38NO3.HI/c1-6-27(7-2,8-3)17-9-10-18-30-24-15-13-22(14-16-24)11-12-23-19-25(28-4)21-26(20-23)29-5;/h11-16,19-21H,6-10,17-18H2,1-5H3;1H/q+1;/p-1/b12-11+;. The van der Waals surface area contributed by atoms with Gasteiger partial charge in [0.2, 0.25) is 0 Å². The lowest BCUT2D eigenvalue weighted by atomic mass is 10.1. The van der Waals surface area contributed by atoms with Crippen LogP contribution in [0.15, 0.2) is 42.5 Å². The first kappa shape index (κ1) is 27.3. The summed E-state index contributed by atoms with van der Waals surface area (Å²) in [7, 11) is 3.32. The summed E-state index contributed by atoms with van der Waals surface area (Å²) in [6, 6.07) is 14.1. The highest BCUT2D eigenvalue weighted by Crippen LogP contribution is 2.24. The first-order valence-corrected chi connectivity index (χ1v) is 11.1. The molecule has 0 unspecified atom stereocenters. The lowest BCUT2D eigenvalue weighted by Crippen LogP contribution is -3.00. The number of halogens is 1. The number of unbranched alkanes of at least 4 members (excludes halogenated alkanes) is 1. The van der Waals surface area contributed by atoms with E-state index in [4.69, 9.17) is 14.2 Å². The van der Waals surface area contributed by atoms with Gasteiger partial charge in [0, 0.05) is 6.07 Å². The van der Waals surface area contributed by atoms with Crippen LogP contribution in [0.3, 0.4) is 0 Å². The molecule has 0 saturated heterocycles. The third kappa shape index (κ3) is 8.73. The van der Waals surface area contributed by atoms with Crippen molar-refractivity contribution in [3.8, 4) is 17.2 Å². The fourth-order valence-corrected chi connectivity index (χ4v) is 3.68. The second-order valence-electron chi connectivity index (χ2n) is 7.62. The predicted molar refractivity (Wildman–Crippen MR) is 126 cm³/mol. The van der Waals surface area contributed by atoms with Crippen molar-refractivity contribution in [1.82, 2.24) is 0 Å². The maximum atomic E-state index is 5.94. The lowest BCUT2D eigenvalue weighted by Gasteiger charge is -2.35. The molecule has 0 fully saturated rings. The third-order valence-corrected chi connectivity index (χ3v) is 6.03. The molecule has 0 bridgehead atoms. The van der Waals surface area contributed by atoms with Crippen LogP contribution >= 0.6 is 0 Å². The van der Waals surface area contributed by atoms with Crippen molar-refractivity contribution in [3.05, 3.63) is 53.6 Å². The Kier molecular flexibility index (Phi) is 12.6. The van der Waals surface area contributed by atoms with Gasteiger partial charge in [0.1, 0.15) is 17.2 Å². The Morgan fingerprint density at radius 1 is 0.710 bits per heavy atom. The molecule has 0 amide bonds. The van der Waals surface area contributed by atoms with Crippen molar-refractivity contribution < 1.29 is 42.7 Å². The monoisotopic (exact) mass is 539 g/mol. The molecule has 0 aliphatic heterocycles. The van der Waals surface area contributed by atoms with Gasteiger partial charge in [-0.2, -0.15) is 0 Å². The van der Waals surface area contributed by atoms with Gasteiger partial charge in [-0.05, 0) is 69.0 Å². The molecule has 2 aromatic carbocycles. The average Bonchev–Trinajstić information content (AvgIpc) is 2.81. The minimum atomic E-state index is 0. The molecule has 2 aromatic rings. The Morgan fingerprint density at radius 2 is 1.26 bits per heavy atom. The summed E-state index contributed by atoms with van der Waals surface area (Å²) in [6.07, 6.45) is 6.44. The largest absolute Gasteiger partial charge is 1.00 e. The Labute approximate surface area is 205 Å². The van der Waals surface area contributed by atoms with Crippen LogP contribution in [0, 0.1) is 0 Å². The van der Waals surface area contributed by atoms with Gasteiger partial charge in [0.15, 0.2) is 0 Å². The van der Waals surface area contributed by atoms with Crippen molar-refractivity contribution in [2.75, 3.05) is 47.0 Å². The van der Waals surface area contributed by atoms with Gasteiger partial charge < -0.3 is 42.7 Å². The van der Waals surface area contributed by atoms with E-state index in [0.29, 0.717) is 0 Å². The number of ether oxygens (including phenoxy) is 3. The van der Waals surface area contributed by atoms with Gasteiger partial charge in [-0.3, -0.25) is 0 Å². The maximum absolute atomic E-state index is 5.94. The summed E-state index contributed by atoms with van der Waals surface area (Å²) in [5, 5.41) is 0. The number of quaternary nitrogens is 1. The van der Waals surface area contributed by atoms with Crippen LogP contribution in [-0.4, -0.2) is 51.5 Å². The van der Waals surface area contributed by atoms with Crippen LogP contribution in [0.4, 0.5) is 0 Å². The molecule has 0 saturated carbocycles. The van der Waals surface area contributed by atoms with E-state index in [2.05, 4.69) is 45.1 Å². The zero-order valence-corrected chi connectivity index (χ0v) is 21.9. The van der Waals surface area contributed by atoms with Crippen LogP contribution in [0.25, 0.3) is 12.2 Å². The normalized spacial score (nSPS) is 11.3. The fraction of sp³-hybridized carbons (Fsp3) is 0.462. The molecule has 0 aromatic heterocycles. The van der Waals surface area contributed by atoms with Gasteiger partial charge in [-0.15, -0.1) is 0 Å². The van der Waals surface area contributed by atoms with E-state index in [1.54, 1.807) is 14.2 Å². The molecule has 0 N–H and O–H groups in total. The lowest BCUT2D eigenvalue weighted by molar-refractivity contribution is -0.923. The Balaban J connectivity index is 0.00000480. The molecule has 0 radical (unpaired) electrons. The fourth-order valence-electron chi connectivity index (χ4n) is 3.68. The van der Waals surface area contributed by atoms with E-state index in [9.17, 15) is 0 Å². The smallest absolute Gasteiger partial charge is 0.123 e. The van der Waals surface area contributed by atoms with Crippen LogP contribution in [0.5, 0.6) is 17.2 Å². The second kappa shape index (κ2) is 14.4. The molecule has 0 spiro atoms. The van der Waals surface area contributed by atoms with E-state index in [-0.39, 0.29) is 24.0 Å². The first-order valence-electron chi connectivity index (χ1n) is 11.1. The molecule has 0 heterocycles. The minimum absolute atomic E-state index is 0.